The summed E-state index contributed by atoms with van der Waals surface area (Å²) in [6.45, 7) is 4.14. The summed E-state index contributed by atoms with van der Waals surface area (Å²) in [4.78, 5) is 23.2. The number of carbonyl (C=O) groups is 2. The number of hydrogen-bond donors (Lipinski definition) is 1. The molecular weight excluding hydrogens is 252 g/mol. The van der Waals surface area contributed by atoms with Gasteiger partial charge in [0.05, 0.1) is 7.11 Å². The molecule has 0 radical (unpaired) electrons. The van der Waals surface area contributed by atoms with Gasteiger partial charge in [-0.05, 0) is 18.1 Å². The van der Waals surface area contributed by atoms with E-state index >= 15 is 0 Å². The zero-order valence-corrected chi connectivity index (χ0v) is 11.8. The molecule has 0 aromatic carbocycles. The molecule has 18 heavy (non-hydrogen) atoms. The third kappa shape index (κ3) is 3.77. The Hall–Kier alpha value is -0.970. The van der Waals surface area contributed by atoms with Crippen molar-refractivity contribution in [1.82, 2.24) is 0 Å². The molecule has 0 aliphatic heterocycles. The normalized spacial score (nSPS) is 25.5. The van der Waals surface area contributed by atoms with Gasteiger partial charge in [0.2, 0.25) is 0 Å². The van der Waals surface area contributed by atoms with Crippen molar-refractivity contribution in [3.05, 3.63) is 11.8 Å². The molecule has 1 aliphatic carbocycles. The molecule has 5 heteroatoms. The van der Waals surface area contributed by atoms with Gasteiger partial charge in [0.25, 0.3) is 0 Å². The van der Waals surface area contributed by atoms with Crippen LogP contribution in [0.2, 0.25) is 0 Å². The summed E-state index contributed by atoms with van der Waals surface area (Å²) in [6, 6.07) is 0. The second kappa shape index (κ2) is 6.83. The average molecular weight is 272 g/mol. The lowest BCUT2D eigenvalue weighted by Gasteiger charge is -2.29. The van der Waals surface area contributed by atoms with Crippen LogP contribution >= 0.6 is 11.8 Å². The van der Waals surface area contributed by atoms with E-state index in [1.807, 2.05) is 0 Å². The summed E-state index contributed by atoms with van der Waals surface area (Å²) in [5.41, 5.74) is 0. The number of carbonyl (C=O) groups excluding carboxylic acids is 2. The van der Waals surface area contributed by atoms with E-state index in [9.17, 15) is 14.7 Å². The van der Waals surface area contributed by atoms with E-state index in [0.717, 1.165) is 18.2 Å². The quantitative estimate of drug-likeness (QED) is 0.778. The van der Waals surface area contributed by atoms with Crippen molar-refractivity contribution < 1.29 is 19.4 Å². The molecule has 0 heterocycles. The Morgan fingerprint density at radius 1 is 1.67 bits per heavy atom. The summed E-state index contributed by atoms with van der Waals surface area (Å²) >= 11 is 1.78. The first kappa shape index (κ1) is 15.1. The zero-order chi connectivity index (χ0) is 13.7. The van der Waals surface area contributed by atoms with Gasteiger partial charge in [-0.15, -0.1) is 0 Å². The van der Waals surface area contributed by atoms with Gasteiger partial charge in [-0.2, -0.15) is 11.8 Å². The fourth-order valence-electron chi connectivity index (χ4n) is 2.37. The van der Waals surface area contributed by atoms with Crippen LogP contribution in [0.3, 0.4) is 0 Å². The van der Waals surface area contributed by atoms with Crippen molar-refractivity contribution in [1.29, 1.82) is 0 Å². The molecule has 0 bridgehead atoms. The molecule has 102 valence electrons. The molecule has 0 unspecified atom stereocenters. The first-order valence-corrected chi connectivity index (χ1v) is 7.17. The smallest absolute Gasteiger partial charge is 0.316 e. The van der Waals surface area contributed by atoms with Crippen LogP contribution in [0, 0.1) is 11.8 Å². The maximum absolute atomic E-state index is 11.7. The molecule has 0 saturated carbocycles. The maximum Gasteiger partial charge on any atom is 0.316 e. The van der Waals surface area contributed by atoms with Gasteiger partial charge in [0.15, 0.2) is 5.78 Å². The van der Waals surface area contributed by atoms with E-state index in [1.54, 1.807) is 11.8 Å². The van der Waals surface area contributed by atoms with E-state index in [0.29, 0.717) is 11.7 Å². The third-order valence-electron chi connectivity index (χ3n) is 3.10. The number of aliphatic hydroxyl groups excluding tert-OH is 1. The molecule has 0 aromatic rings. The molecule has 1 N–H and O–H groups in total. The molecule has 1 aliphatic rings. The van der Waals surface area contributed by atoms with Gasteiger partial charge in [0, 0.05) is 17.7 Å². The van der Waals surface area contributed by atoms with E-state index in [-0.39, 0.29) is 17.5 Å². The number of allylic oxidation sites excluding steroid dienone is 1. The Morgan fingerprint density at radius 3 is 2.89 bits per heavy atom. The van der Waals surface area contributed by atoms with Crippen LogP contribution in [0.1, 0.15) is 26.7 Å². The number of esters is 1. The maximum atomic E-state index is 11.7. The summed E-state index contributed by atoms with van der Waals surface area (Å²) in [7, 11) is 1.30. The summed E-state index contributed by atoms with van der Waals surface area (Å²) in [5.74, 6) is -0.596. The SMILES string of the molecule is CCS[C@@H](C)C[C@@H]1CC(=O)C=C(O)[C@@H]1C(=O)OC. The van der Waals surface area contributed by atoms with Crippen LogP contribution in [0.15, 0.2) is 11.8 Å². The van der Waals surface area contributed by atoms with Crippen LogP contribution < -0.4 is 0 Å². The zero-order valence-electron chi connectivity index (χ0n) is 11.0. The van der Waals surface area contributed by atoms with E-state index in [2.05, 4.69) is 13.8 Å². The third-order valence-corrected chi connectivity index (χ3v) is 4.20. The lowest BCUT2D eigenvalue weighted by molar-refractivity contribution is -0.147. The minimum absolute atomic E-state index is 0.119. The number of thioether (sulfide) groups is 1. The highest BCUT2D eigenvalue weighted by Gasteiger charge is 2.38. The van der Waals surface area contributed by atoms with Gasteiger partial charge in [-0.1, -0.05) is 13.8 Å². The predicted octanol–water partition coefficient (Wildman–Crippen LogP) is 2.34. The summed E-state index contributed by atoms with van der Waals surface area (Å²) in [6.07, 6.45) is 2.18. The molecule has 0 saturated heterocycles. The molecule has 0 amide bonds. The summed E-state index contributed by atoms with van der Waals surface area (Å²) in [5, 5.41) is 10.1. The van der Waals surface area contributed by atoms with Crippen molar-refractivity contribution >= 4 is 23.5 Å². The highest BCUT2D eigenvalue weighted by atomic mass is 32.2. The summed E-state index contributed by atoms with van der Waals surface area (Å²) < 4.78 is 4.71. The topological polar surface area (TPSA) is 63.6 Å². The number of rotatable bonds is 5. The number of ether oxygens (including phenoxy) is 1. The van der Waals surface area contributed by atoms with E-state index in [1.165, 1.54) is 7.11 Å². The fourth-order valence-corrected chi connectivity index (χ4v) is 3.32. The number of aliphatic hydroxyl groups is 1. The van der Waals surface area contributed by atoms with Crippen LogP contribution in [0.4, 0.5) is 0 Å². The van der Waals surface area contributed by atoms with E-state index < -0.39 is 11.9 Å². The van der Waals surface area contributed by atoms with Crippen LogP contribution in [0.5, 0.6) is 0 Å². The van der Waals surface area contributed by atoms with Gasteiger partial charge in [-0.25, -0.2) is 0 Å². The Morgan fingerprint density at radius 2 is 2.33 bits per heavy atom. The standard InChI is InChI=1S/C13H20O4S/c1-4-18-8(2)5-9-6-10(14)7-11(15)12(9)13(16)17-3/h7-9,12,15H,4-6H2,1-3H3/t8-,9+,12+/m0/s1. The van der Waals surface area contributed by atoms with Gasteiger partial charge in [0.1, 0.15) is 11.7 Å². The predicted molar refractivity (Wildman–Crippen MR) is 71.5 cm³/mol. The monoisotopic (exact) mass is 272 g/mol. The van der Waals surface area contributed by atoms with Gasteiger partial charge in [-0.3, -0.25) is 9.59 Å². The lowest BCUT2D eigenvalue weighted by Crippen LogP contribution is -2.33. The van der Waals surface area contributed by atoms with Gasteiger partial charge >= 0.3 is 5.97 Å². The van der Waals surface area contributed by atoms with Crippen molar-refractivity contribution in [2.24, 2.45) is 11.8 Å². The van der Waals surface area contributed by atoms with Crippen molar-refractivity contribution in [2.45, 2.75) is 31.9 Å². The van der Waals surface area contributed by atoms with Crippen LogP contribution in [-0.2, 0) is 14.3 Å². The highest BCUT2D eigenvalue weighted by molar-refractivity contribution is 7.99. The molecule has 1 rings (SSSR count). The molecule has 0 aromatic heterocycles. The van der Waals surface area contributed by atoms with Gasteiger partial charge < -0.3 is 9.84 Å². The minimum atomic E-state index is -0.687. The number of ketones is 1. The molecule has 0 fully saturated rings. The van der Waals surface area contributed by atoms with Crippen molar-refractivity contribution in [3.8, 4) is 0 Å². The van der Waals surface area contributed by atoms with Crippen LogP contribution in [-0.4, -0.2) is 35.0 Å². The Labute approximate surface area is 112 Å². The number of methoxy groups -OCH3 is 1. The first-order valence-electron chi connectivity index (χ1n) is 6.12. The fraction of sp³-hybridized carbons (Fsp3) is 0.692. The molecule has 4 nitrogen and oxygen atoms in total. The first-order chi connectivity index (χ1) is 8.49. The Bertz CT molecular complexity index is 351. The molecular formula is C13H20O4S. The number of hydrogen-bond acceptors (Lipinski definition) is 5. The van der Waals surface area contributed by atoms with Crippen LogP contribution in [0.25, 0.3) is 0 Å². The Kier molecular flexibility index (Phi) is 5.72. The Balaban J connectivity index is 2.82. The largest absolute Gasteiger partial charge is 0.511 e. The lowest BCUT2D eigenvalue weighted by atomic mass is 9.79. The van der Waals surface area contributed by atoms with Crippen molar-refractivity contribution in [3.63, 3.8) is 0 Å². The average Bonchev–Trinajstić information content (AvgIpc) is 2.27. The second-order valence-electron chi connectivity index (χ2n) is 4.50. The minimum Gasteiger partial charge on any atom is -0.511 e. The van der Waals surface area contributed by atoms with Crippen molar-refractivity contribution in [2.75, 3.05) is 12.9 Å². The van der Waals surface area contributed by atoms with E-state index in [4.69, 9.17) is 4.74 Å². The molecule has 0 spiro atoms. The second-order valence-corrected chi connectivity index (χ2v) is 6.22. The molecule has 3 atom stereocenters. The highest BCUT2D eigenvalue weighted by Crippen LogP contribution is 2.34.